The highest BCUT2D eigenvalue weighted by molar-refractivity contribution is 9.10. The fraction of sp³-hybridized carbons (Fsp3) is 0. The van der Waals surface area contributed by atoms with Crippen molar-refractivity contribution in [1.82, 2.24) is 9.97 Å². The zero-order valence-corrected chi connectivity index (χ0v) is 10.8. The van der Waals surface area contributed by atoms with Gasteiger partial charge in [-0.15, -0.1) is 0 Å². The van der Waals surface area contributed by atoms with Crippen LogP contribution in [0.3, 0.4) is 0 Å². The van der Waals surface area contributed by atoms with Crippen molar-refractivity contribution in [3.05, 3.63) is 39.8 Å². The van der Waals surface area contributed by atoms with E-state index in [1.807, 2.05) is 0 Å². The van der Waals surface area contributed by atoms with Gasteiger partial charge in [-0.2, -0.15) is 0 Å². The van der Waals surface area contributed by atoms with Gasteiger partial charge in [0.05, 0.1) is 5.02 Å². The summed E-state index contributed by atoms with van der Waals surface area (Å²) in [6.07, 6.45) is 1.31. The van der Waals surface area contributed by atoms with Crippen molar-refractivity contribution >= 4 is 44.9 Å². The van der Waals surface area contributed by atoms with Gasteiger partial charge in [0, 0.05) is 5.69 Å². The molecule has 0 saturated carbocycles. The monoisotopic (exact) mass is 316 g/mol. The number of hydrogen-bond acceptors (Lipinski definition) is 4. The highest BCUT2D eigenvalue weighted by atomic mass is 79.9. The van der Waals surface area contributed by atoms with E-state index in [1.54, 1.807) is 6.07 Å². The van der Waals surface area contributed by atoms with E-state index in [2.05, 4.69) is 31.2 Å². The third-order valence-corrected chi connectivity index (χ3v) is 3.09. The number of rotatable bonds is 2. The Kier molecular flexibility index (Phi) is 3.44. The molecule has 1 aromatic carbocycles. The number of nitrogens with zero attached hydrogens (tertiary/aromatic N) is 2. The number of nitrogen functional groups attached to an aromatic ring is 1. The molecule has 0 saturated heterocycles. The Labute approximate surface area is 110 Å². The van der Waals surface area contributed by atoms with Crippen LogP contribution in [0.25, 0.3) is 0 Å². The quantitative estimate of drug-likeness (QED) is 0.891. The van der Waals surface area contributed by atoms with Gasteiger partial charge in [0.15, 0.2) is 0 Å². The van der Waals surface area contributed by atoms with Crippen LogP contribution in [0.2, 0.25) is 5.02 Å². The molecule has 0 spiro atoms. The Balaban J connectivity index is 2.31. The number of halogens is 3. The van der Waals surface area contributed by atoms with Crippen molar-refractivity contribution < 1.29 is 4.39 Å². The Hall–Kier alpha value is -1.40. The molecule has 0 amide bonds. The van der Waals surface area contributed by atoms with Gasteiger partial charge in [0.1, 0.15) is 28.3 Å². The van der Waals surface area contributed by atoms with Crippen LogP contribution in [0, 0.1) is 5.82 Å². The van der Waals surface area contributed by atoms with Crippen molar-refractivity contribution in [2.45, 2.75) is 0 Å². The first kappa shape index (κ1) is 12.1. The topological polar surface area (TPSA) is 63.8 Å². The molecule has 0 atom stereocenters. The highest BCUT2D eigenvalue weighted by Gasteiger charge is 2.07. The van der Waals surface area contributed by atoms with E-state index < -0.39 is 5.82 Å². The van der Waals surface area contributed by atoms with Crippen LogP contribution in [0.15, 0.2) is 29.0 Å². The lowest BCUT2D eigenvalue weighted by Gasteiger charge is -2.08. The summed E-state index contributed by atoms with van der Waals surface area (Å²) < 4.78 is 13.7. The lowest BCUT2D eigenvalue weighted by atomic mass is 10.3. The molecular weight excluding hydrogens is 310 g/mol. The Morgan fingerprint density at radius 2 is 2.12 bits per heavy atom. The minimum absolute atomic E-state index is 0.0665. The summed E-state index contributed by atoms with van der Waals surface area (Å²) >= 11 is 8.82. The fourth-order valence-corrected chi connectivity index (χ4v) is 1.60. The van der Waals surface area contributed by atoms with Crippen LogP contribution < -0.4 is 11.1 Å². The molecule has 0 radical (unpaired) electrons. The van der Waals surface area contributed by atoms with E-state index in [-0.39, 0.29) is 5.02 Å². The smallest absolute Gasteiger partial charge is 0.150 e. The summed E-state index contributed by atoms with van der Waals surface area (Å²) in [5.74, 6) is 0.256. The average Bonchev–Trinajstić information content (AvgIpc) is 2.30. The number of aromatic nitrogens is 2. The largest absolute Gasteiger partial charge is 0.383 e. The standard InChI is InChI=1S/C10H7BrClFN4/c11-8-9(14)15-4-16-10(8)17-5-1-2-6(12)7(13)3-5/h1-4H,(H3,14,15,16,17). The molecule has 17 heavy (non-hydrogen) atoms. The highest BCUT2D eigenvalue weighted by Crippen LogP contribution is 2.28. The summed E-state index contributed by atoms with van der Waals surface area (Å²) in [7, 11) is 0. The molecule has 0 bridgehead atoms. The van der Waals surface area contributed by atoms with Crippen molar-refractivity contribution in [3.8, 4) is 0 Å². The molecule has 2 aromatic rings. The summed E-state index contributed by atoms with van der Waals surface area (Å²) in [5, 5.41) is 2.97. The van der Waals surface area contributed by atoms with E-state index in [1.165, 1.54) is 18.5 Å². The van der Waals surface area contributed by atoms with Crippen LogP contribution in [0.4, 0.5) is 21.7 Å². The number of benzene rings is 1. The second-order valence-corrected chi connectivity index (χ2v) is 4.38. The van der Waals surface area contributed by atoms with Crippen LogP contribution in [-0.2, 0) is 0 Å². The number of nitrogens with two attached hydrogens (primary N) is 1. The minimum atomic E-state index is -0.505. The second-order valence-electron chi connectivity index (χ2n) is 3.18. The van der Waals surface area contributed by atoms with Gasteiger partial charge in [0.2, 0.25) is 0 Å². The normalized spacial score (nSPS) is 10.3. The molecule has 1 aromatic heterocycles. The zero-order chi connectivity index (χ0) is 12.4. The molecule has 2 rings (SSSR count). The SMILES string of the molecule is Nc1ncnc(Nc2ccc(Cl)c(F)c2)c1Br. The first-order chi connectivity index (χ1) is 8.08. The molecule has 0 unspecified atom stereocenters. The third kappa shape index (κ3) is 2.65. The summed E-state index contributed by atoms with van der Waals surface area (Å²) in [6.45, 7) is 0. The molecule has 7 heteroatoms. The van der Waals surface area contributed by atoms with Crippen LogP contribution >= 0.6 is 27.5 Å². The summed E-state index contributed by atoms with van der Waals surface area (Å²) in [6, 6.07) is 4.36. The molecule has 0 fully saturated rings. The molecule has 3 N–H and O–H groups in total. The maximum Gasteiger partial charge on any atom is 0.150 e. The van der Waals surface area contributed by atoms with Gasteiger partial charge in [-0.3, -0.25) is 0 Å². The number of nitrogens with one attached hydrogen (secondary N) is 1. The van der Waals surface area contributed by atoms with E-state index in [9.17, 15) is 4.39 Å². The van der Waals surface area contributed by atoms with Crippen molar-refractivity contribution in [1.29, 1.82) is 0 Å². The van der Waals surface area contributed by atoms with Gasteiger partial charge in [-0.1, -0.05) is 11.6 Å². The average molecular weight is 318 g/mol. The Morgan fingerprint density at radius 1 is 1.35 bits per heavy atom. The lowest BCUT2D eigenvalue weighted by Crippen LogP contribution is -2.00. The molecule has 1 heterocycles. The summed E-state index contributed by atoms with van der Waals surface area (Å²) in [4.78, 5) is 7.78. The van der Waals surface area contributed by atoms with E-state index in [0.29, 0.717) is 21.8 Å². The third-order valence-electron chi connectivity index (χ3n) is 2.00. The van der Waals surface area contributed by atoms with E-state index >= 15 is 0 Å². The first-order valence-electron chi connectivity index (χ1n) is 4.56. The molecule has 4 nitrogen and oxygen atoms in total. The molecular formula is C10H7BrClFN4. The predicted octanol–water partition coefficient (Wildman–Crippen LogP) is 3.36. The lowest BCUT2D eigenvalue weighted by molar-refractivity contribution is 0.629. The van der Waals surface area contributed by atoms with Gasteiger partial charge in [-0.25, -0.2) is 14.4 Å². The Bertz CT molecular complexity index is 564. The summed E-state index contributed by atoms with van der Waals surface area (Å²) in [5.41, 5.74) is 6.11. The van der Waals surface area contributed by atoms with E-state index in [0.717, 1.165) is 0 Å². The van der Waals surface area contributed by atoms with Gasteiger partial charge in [0.25, 0.3) is 0 Å². The van der Waals surface area contributed by atoms with E-state index in [4.69, 9.17) is 17.3 Å². The van der Waals surface area contributed by atoms with Crippen LogP contribution in [0.5, 0.6) is 0 Å². The molecule has 0 aliphatic carbocycles. The van der Waals surface area contributed by atoms with Crippen LogP contribution in [-0.4, -0.2) is 9.97 Å². The van der Waals surface area contributed by atoms with Gasteiger partial charge < -0.3 is 11.1 Å². The predicted molar refractivity (Wildman–Crippen MR) is 68.8 cm³/mol. The second kappa shape index (κ2) is 4.85. The molecule has 88 valence electrons. The maximum absolute atomic E-state index is 13.2. The van der Waals surface area contributed by atoms with Gasteiger partial charge >= 0.3 is 0 Å². The number of hydrogen-bond donors (Lipinski definition) is 2. The van der Waals surface area contributed by atoms with Crippen molar-refractivity contribution in [2.24, 2.45) is 0 Å². The number of anilines is 3. The molecule has 0 aliphatic heterocycles. The maximum atomic E-state index is 13.2. The Morgan fingerprint density at radius 3 is 2.82 bits per heavy atom. The first-order valence-corrected chi connectivity index (χ1v) is 5.73. The van der Waals surface area contributed by atoms with Crippen molar-refractivity contribution in [2.75, 3.05) is 11.1 Å². The van der Waals surface area contributed by atoms with Crippen molar-refractivity contribution in [3.63, 3.8) is 0 Å². The minimum Gasteiger partial charge on any atom is -0.383 e. The van der Waals surface area contributed by atoms with Gasteiger partial charge in [-0.05, 0) is 34.1 Å². The molecule has 0 aliphatic rings. The van der Waals surface area contributed by atoms with Crippen LogP contribution in [0.1, 0.15) is 0 Å². The fourth-order valence-electron chi connectivity index (χ4n) is 1.18. The zero-order valence-electron chi connectivity index (χ0n) is 8.42.